The summed E-state index contributed by atoms with van der Waals surface area (Å²) in [7, 11) is 2.01. The van der Waals surface area contributed by atoms with E-state index < -0.39 is 0 Å². The molecule has 1 amide bonds. The quantitative estimate of drug-likeness (QED) is 0.701. The zero-order chi connectivity index (χ0) is 12.0. The summed E-state index contributed by atoms with van der Waals surface area (Å²) in [6.07, 6.45) is 1.18. The lowest BCUT2D eigenvalue weighted by molar-refractivity contribution is -0.122. The summed E-state index contributed by atoms with van der Waals surface area (Å²) in [5.41, 5.74) is 0. The van der Waals surface area contributed by atoms with Gasteiger partial charge in [0.1, 0.15) is 0 Å². The van der Waals surface area contributed by atoms with Crippen molar-refractivity contribution in [2.45, 2.75) is 19.4 Å². The van der Waals surface area contributed by atoms with Crippen LogP contribution in [0.3, 0.4) is 0 Å². The standard InChI is InChI=1S/C11H22N2O2S/c1-9(7-14)5-12-11(15)6-13(2)10-3-4-16-8-10/h9-10,14H,3-8H2,1-2H3,(H,12,15). The van der Waals surface area contributed by atoms with Crippen molar-refractivity contribution in [3.05, 3.63) is 0 Å². The summed E-state index contributed by atoms with van der Waals surface area (Å²) in [5, 5.41) is 11.7. The number of hydrogen-bond donors (Lipinski definition) is 2. The number of carbonyl (C=O) groups excluding carboxylic acids is 1. The average molecular weight is 246 g/mol. The van der Waals surface area contributed by atoms with Crippen LogP contribution < -0.4 is 5.32 Å². The summed E-state index contributed by atoms with van der Waals surface area (Å²) in [6.45, 7) is 3.05. The summed E-state index contributed by atoms with van der Waals surface area (Å²) in [5.74, 6) is 2.53. The molecule has 1 saturated heterocycles. The van der Waals surface area contributed by atoms with Crippen LogP contribution >= 0.6 is 11.8 Å². The number of aliphatic hydroxyl groups is 1. The number of amides is 1. The first-order chi connectivity index (χ1) is 7.63. The van der Waals surface area contributed by atoms with E-state index in [0.717, 1.165) is 5.75 Å². The molecule has 16 heavy (non-hydrogen) atoms. The predicted octanol–water partition coefficient (Wildman–Crippen LogP) is 0.168. The number of nitrogens with one attached hydrogen (secondary N) is 1. The largest absolute Gasteiger partial charge is 0.396 e. The van der Waals surface area contributed by atoms with Crippen molar-refractivity contribution >= 4 is 17.7 Å². The van der Waals surface area contributed by atoms with Crippen LogP contribution in [0.2, 0.25) is 0 Å². The Kier molecular flexibility index (Phi) is 6.16. The zero-order valence-electron chi connectivity index (χ0n) is 10.1. The number of rotatable bonds is 6. The first kappa shape index (κ1) is 13.8. The number of nitrogens with zero attached hydrogens (tertiary/aromatic N) is 1. The molecule has 4 nitrogen and oxygen atoms in total. The molecule has 2 unspecified atom stereocenters. The van der Waals surface area contributed by atoms with Crippen LogP contribution in [-0.2, 0) is 4.79 Å². The Balaban J connectivity index is 2.17. The van der Waals surface area contributed by atoms with Crippen LogP contribution in [0, 0.1) is 5.92 Å². The molecular weight excluding hydrogens is 224 g/mol. The first-order valence-electron chi connectivity index (χ1n) is 5.79. The maximum atomic E-state index is 11.6. The Labute approximate surface area is 102 Å². The molecule has 0 bridgehead atoms. The zero-order valence-corrected chi connectivity index (χ0v) is 10.9. The van der Waals surface area contributed by atoms with Gasteiger partial charge in [0.15, 0.2) is 0 Å². The van der Waals surface area contributed by atoms with Gasteiger partial charge >= 0.3 is 0 Å². The predicted molar refractivity (Wildman–Crippen MR) is 67.6 cm³/mol. The van der Waals surface area contributed by atoms with E-state index in [9.17, 15) is 4.79 Å². The molecule has 1 aliphatic heterocycles. The number of thioether (sulfide) groups is 1. The van der Waals surface area contributed by atoms with Gasteiger partial charge in [-0.3, -0.25) is 9.69 Å². The van der Waals surface area contributed by atoms with Crippen molar-refractivity contribution in [2.75, 3.05) is 38.2 Å². The average Bonchev–Trinajstić information content (AvgIpc) is 2.79. The highest BCUT2D eigenvalue weighted by molar-refractivity contribution is 7.99. The number of hydrogen-bond acceptors (Lipinski definition) is 4. The fraction of sp³-hybridized carbons (Fsp3) is 0.909. The van der Waals surface area contributed by atoms with E-state index in [0.29, 0.717) is 19.1 Å². The highest BCUT2D eigenvalue weighted by Gasteiger charge is 2.21. The van der Waals surface area contributed by atoms with Gasteiger partial charge in [-0.15, -0.1) is 0 Å². The SMILES string of the molecule is CC(CO)CNC(=O)CN(C)C1CCSC1. The Bertz CT molecular complexity index is 220. The third-order valence-corrected chi connectivity index (χ3v) is 4.03. The first-order valence-corrected chi connectivity index (χ1v) is 6.94. The molecule has 0 aromatic carbocycles. The maximum Gasteiger partial charge on any atom is 0.234 e. The van der Waals surface area contributed by atoms with E-state index in [1.807, 2.05) is 25.7 Å². The lowest BCUT2D eigenvalue weighted by atomic mass is 10.2. The van der Waals surface area contributed by atoms with E-state index in [1.54, 1.807) is 0 Å². The summed E-state index contributed by atoms with van der Waals surface area (Å²) in [4.78, 5) is 13.7. The van der Waals surface area contributed by atoms with Crippen molar-refractivity contribution in [3.63, 3.8) is 0 Å². The minimum Gasteiger partial charge on any atom is -0.396 e. The van der Waals surface area contributed by atoms with E-state index in [1.165, 1.54) is 12.2 Å². The second kappa shape index (κ2) is 7.14. The Morgan fingerprint density at radius 1 is 1.69 bits per heavy atom. The Morgan fingerprint density at radius 2 is 2.44 bits per heavy atom. The van der Waals surface area contributed by atoms with Gasteiger partial charge in [-0.2, -0.15) is 11.8 Å². The van der Waals surface area contributed by atoms with Crippen LogP contribution in [0.1, 0.15) is 13.3 Å². The van der Waals surface area contributed by atoms with Crippen LogP contribution in [0.4, 0.5) is 0 Å². The fourth-order valence-electron chi connectivity index (χ4n) is 1.63. The van der Waals surface area contributed by atoms with Crippen molar-refractivity contribution < 1.29 is 9.90 Å². The van der Waals surface area contributed by atoms with Crippen LogP contribution in [0.5, 0.6) is 0 Å². The Morgan fingerprint density at radius 3 is 3.00 bits per heavy atom. The monoisotopic (exact) mass is 246 g/mol. The molecular formula is C11H22N2O2S. The second-order valence-corrected chi connectivity index (χ2v) is 5.67. The van der Waals surface area contributed by atoms with Crippen molar-refractivity contribution in [1.29, 1.82) is 0 Å². The minimum absolute atomic E-state index is 0.0553. The van der Waals surface area contributed by atoms with Gasteiger partial charge < -0.3 is 10.4 Å². The van der Waals surface area contributed by atoms with Gasteiger partial charge in [-0.05, 0) is 25.1 Å². The van der Waals surface area contributed by atoms with Crippen molar-refractivity contribution in [3.8, 4) is 0 Å². The molecule has 0 aromatic rings. The number of aliphatic hydroxyl groups excluding tert-OH is 1. The molecule has 0 aromatic heterocycles. The highest BCUT2D eigenvalue weighted by atomic mass is 32.2. The molecule has 0 radical (unpaired) electrons. The lowest BCUT2D eigenvalue weighted by Crippen LogP contribution is -2.41. The fourth-order valence-corrected chi connectivity index (χ4v) is 2.93. The van der Waals surface area contributed by atoms with Crippen LogP contribution in [0.25, 0.3) is 0 Å². The molecule has 1 aliphatic rings. The normalized spacial score (nSPS) is 22.4. The van der Waals surface area contributed by atoms with Gasteiger partial charge in [-0.25, -0.2) is 0 Å². The second-order valence-electron chi connectivity index (χ2n) is 4.52. The highest BCUT2D eigenvalue weighted by Crippen LogP contribution is 2.20. The van der Waals surface area contributed by atoms with Crippen LogP contribution in [0.15, 0.2) is 0 Å². The van der Waals surface area contributed by atoms with E-state index in [-0.39, 0.29) is 18.4 Å². The minimum atomic E-state index is 0.0553. The molecule has 0 saturated carbocycles. The summed E-state index contributed by atoms with van der Waals surface area (Å²) < 4.78 is 0. The van der Waals surface area contributed by atoms with Gasteiger partial charge in [0.05, 0.1) is 6.54 Å². The topological polar surface area (TPSA) is 52.6 Å². The molecule has 1 heterocycles. The molecule has 5 heteroatoms. The van der Waals surface area contributed by atoms with Gasteiger partial charge in [0.2, 0.25) is 5.91 Å². The van der Waals surface area contributed by atoms with Gasteiger partial charge in [-0.1, -0.05) is 6.92 Å². The summed E-state index contributed by atoms with van der Waals surface area (Å²) in [6, 6.07) is 0.547. The third kappa shape index (κ3) is 4.72. The number of carbonyl (C=O) groups is 1. The van der Waals surface area contributed by atoms with Crippen molar-refractivity contribution in [2.24, 2.45) is 5.92 Å². The third-order valence-electron chi connectivity index (χ3n) is 2.88. The lowest BCUT2D eigenvalue weighted by Gasteiger charge is -2.22. The van der Waals surface area contributed by atoms with Crippen molar-refractivity contribution in [1.82, 2.24) is 10.2 Å². The van der Waals surface area contributed by atoms with Gasteiger partial charge in [0, 0.05) is 24.9 Å². The van der Waals surface area contributed by atoms with Crippen LogP contribution in [-0.4, -0.2) is 60.2 Å². The molecule has 0 spiro atoms. The molecule has 1 fully saturated rings. The molecule has 0 aliphatic carbocycles. The smallest absolute Gasteiger partial charge is 0.234 e. The van der Waals surface area contributed by atoms with E-state index in [2.05, 4.69) is 10.2 Å². The molecule has 1 rings (SSSR count). The van der Waals surface area contributed by atoms with Gasteiger partial charge in [0.25, 0.3) is 0 Å². The number of likely N-dealkylation sites (N-methyl/N-ethyl adjacent to an activating group) is 1. The molecule has 94 valence electrons. The molecule has 2 N–H and O–H groups in total. The van der Waals surface area contributed by atoms with E-state index in [4.69, 9.17) is 5.11 Å². The maximum absolute atomic E-state index is 11.6. The van der Waals surface area contributed by atoms with E-state index >= 15 is 0 Å². The summed E-state index contributed by atoms with van der Waals surface area (Å²) >= 11 is 1.95. The molecule has 2 atom stereocenters. The Hall–Kier alpha value is -0.260.